The summed E-state index contributed by atoms with van der Waals surface area (Å²) in [5.41, 5.74) is 1.22. The van der Waals surface area contributed by atoms with Gasteiger partial charge in [0.25, 0.3) is 0 Å². The van der Waals surface area contributed by atoms with E-state index in [1.54, 1.807) is 0 Å². The first kappa shape index (κ1) is 23.5. The third kappa shape index (κ3) is 5.04. The van der Waals surface area contributed by atoms with Crippen LogP contribution in [-0.4, -0.2) is 40.3 Å². The lowest BCUT2D eigenvalue weighted by molar-refractivity contribution is -0.185. The van der Waals surface area contributed by atoms with Gasteiger partial charge in [-0.25, -0.2) is 0 Å². The molecule has 3 fully saturated rings. The predicted octanol–water partition coefficient (Wildman–Crippen LogP) is 6.56. The number of fused-ring (bicyclic) bond motifs is 3. The highest BCUT2D eigenvalue weighted by Crippen LogP contribution is 2.40. The fourth-order valence-electron chi connectivity index (χ4n) is 6.29. The quantitative estimate of drug-likeness (QED) is 0.532. The number of carboxylic acid groups (broad SMARTS) is 1. The number of hydrogen-bond acceptors (Lipinski definition) is 3. The molecule has 5 rings (SSSR count). The Balaban J connectivity index is 1.23. The van der Waals surface area contributed by atoms with Crippen molar-refractivity contribution >= 4 is 16.7 Å². The van der Waals surface area contributed by atoms with Crippen molar-refractivity contribution in [3.63, 3.8) is 0 Å². The van der Waals surface area contributed by atoms with Crippen LogP contribution in [0.2, 0.25) is 0 Å². The van der Waals surface area contributed by atoms with Crippen LogP contribution in [0.5, 0.6) is 5.75 Å². The van der Waals surface area contributed by atoms with E-state index in [4.69, 9.17) is 4.74 Å². The summed E-state index contributed by atoms with van der Waals surface area (Å²) in [5, 5.41) is 11.6. The Hall–Kier alpha value is -2.28. The number of nitrogens with zero attached hydrogens (tertiary/aromatic N) is 1. The highest BCUT2D eigenvalue weighted by Gasteiger charge is 2.42. The van der Waals surface area contributed by atoms with Crippen molar-refractivity contribution in [1.82, 2.24) is 4.90 Å². The Labute approximate surface area is 198 Å². The van der Waals surface area contributed by atoms with Gasteiger partial charge in [-0.3, -0.25) is 9.69 Å². The molecule has 2 aromatic rings. The lowest BCUT2D eigenvalue weighted by Crippen LogP contribution is -2.52. The number of ether oxygens (including phenoxy) is 1. The Morgan fingerprint density at radius 1 is 0.941 bits per heavy atom. The minimum atomic E-state index is -4.10. The van der Waals surface area contributed by atoms with E-state index in [1.807, 2.05) is 18.2 Å². The van der Waals surface area contributed by atoms with Crippen molar-refractivity contribution in [1.29, 1.82) is 0 Å². The van der Waals surface area contributed by atoms with Crippen LogP contribution < -0.4 is 4.74 Å². The highest BCUT2D eigenvalue weighted by atomic mass is 19.4. The SMILES string of the molecule is O=C(O)C1CC2CCCC(C1)N2Cc1ccc2cc(OC3CCC(C(F)(F)F)CC3)ccc2c1. The Morgan fingerprint density at radius 2 is 1.59 bits per heavy atom. The first-order valence-electron chi connectivity index (χ1n) is 12.5. The van der Waals surface area contributed by atoms with E-state index < -0.39 is 18.1 Å². The summed E-state index contributed by atoms with van der Waals surface area (Å²) in [6.07, 6.45) is 1.67. The van der Waals surface area contributed by atoms with Crippen molar-refractivity contribution in [2.24, 2.45) is 11.8 Å². The summed E-state index contributed by atoms with van der Waals surface area (Å²) in [6.45, 7) is 0.832. The van der Waals surface area contributed by atoms with Gasteiger partial charge in [0.2, 0.25) is 0 Å². The van der Waals surface area contributed by atoms with Gasteiger partial charge in [-0.05, 0) is 85.9 Å². The van der Waals surface area contributed by atoms with E-state index in [0.717, 1.165) is 43.0 Å². The topological polar surface area (TPSA) is 49.8 Å². The van der Waals surface area contributed by atoms with Crippen molar-refractivity contribution in [3.05, 3.63) is 42.0 Å². The molecule has 1 aliphatic carbocycles. The molecule has 0 spiro atoms. The van der Waals surface area contributed by atoms with Crippen LogP contribution >= 0.6 is 0 Å². The lowest BCUT2D eigenvalue weighted by Gasteiger charge is -2.48. The van der Waals surface area contributed by atoms with E-state index in [9.17, 15) is 23.1 Å². The van der Waals surface area contributed by atoms with E-state index in [1.165, 1.54) is 12.0 Å². The van der Waals surface area contributed by atoms with E-state index >= 15 is 0 Å². The first-order valence-corrected chi connectivity index (χ1v) is 12.5. The summed E-state index contributed by atoms with van der Waals surface area (Å²) in [5.74, 6) is -1.36. The number of alkyl halides is 3. The summed E-state index contributed by atoms with van der Waals surface area (Å²) in [4.78, 5) is 14.0. The molecule has 34 heavy (non-hydrogen) atoms. The van der Waals surface area contributed by atoms with Gasteiger partial charge in [-0.15, -0.1) is 0 Å². The second-order valence-corrected chi connectivity index (χ2v) is 10.4. The largest absolute Gasteiger partial charge is 0.490 e. The Morgan fingerprint density at radius 3 is 2.24 bits per heavy atom. The van der Waals surface area contributed by atoms with Crippen LogP contribution in [0.25, 0.3) is 10.8 Å². The third-order valence-electron chi connectivity index (χ3n) is 8.16. The molecule has 4 nitrogen and oxygen atoms in total. The van der Waals surface area contributed by atoms with Crippen LogP contribution in [0.3, 0.4) is 0 Å². The number of aliphatic carboxylic acids is 1. The maximum absolute atomic E-state index is 12.9. The smallest absolute Gasteiger partial charge is 0.391 e. The molecular formula is C27H32F3NO3. The monoisotopic (exact) mass is 475 g/mol. The maximum atomic E-state index is 12.9. The Kier molecular flexibility index (Phi) is 6.49. The number of piperidine rings is 2. The molecule has 2 aromatic carbocycles. The van der Waals surface area contributed by atoms with Crippen molar-refractivity contribution in [3.8, 4) is 5.75 Å². The van der Waals surface area contributed by atoms with Gasteiger partial charge in [0.1, 0.15) is 5.75 Å². The third-order valence-corrected chi connectivity index (χ3v) is 8.16. The van der Waals surface area contributed by atoms with Crippen molar-refractivity contribution in [2.75, 3.05) is 0 Å². The fraction of sp³-hybridized carbons (Fsp3) is 0.593. The van der Waals surface area contributed by atoms with Gasteiger partial charge in [0.15, 0.2) is 0 Å². The Bertz CT molecular complexity index is 1020. The zero-order valence-corrected chi connectivity index (χ0v) is 19.3. The molecule has 1 N–H and O–H groups in total. The summed E-state index contributed by atoms with van der Waals surface area (Å²) in [6, 6.07) is 13.0. The zero-order chi connectivity index (χ0) is 23.9. The molecule has 2 bridgehead atoms. The molecular weight excluding hydrogens is 443 g/mol. The van der Waals surface area contributed by atoms with Crippen LogP contribution in [0.15, 0.2) is 36.4 Å². The minimum absolute atomic E-state index is 0.136. The van der Waals surface area contributed by atoms with Gasteiger partial charge in [-0.1, -0.05) is 24.6 Å². The average Bonchev–Trinajstić information content (AvgIpc) is 2.78. The number of benzene rings is 2. The minimum Gasteiger partial charge on any atom is -0.490 e. The molecule has 2 atom stereocenters. The van der Waals surface area contributed by atoms with Crippen molar-refractivity contribution < 1.29 is 27.8 Å². The van der Waals surface area contributed by atoms with E-state index in [2.05, 4.69) is 23.1 Å². The molecule has 2 aliphatic heterocycles. The molecule has 3 aliphatic rings. The van der Waals surface area contributed by atoms with Crippen LogP contribution in [0, 0.1) is 11.8 Å². The summed E-state index contributed by atoms with van der Waals surface area (Å²) >= 11 is 0. The number of carbonyl (C=O) groups is 1. The number of halogens is 3. The molecule has 2 saturated heterocycles. The molecule has 1 saturated carbocycles. The van der Waals surface area contributed by atoms with Gasteiger partial charge < -0.3 is 9.84 Å². The molecule has 2 heterocycles. The van der Waals surface area contributed by atoms with Gasteiger partial charge in [-0.2, -0.15) is 13.2 Å². The highest BCUT2D eigenvalue weighted by molar-refractivity contribution is 5.84. The van der Waals surface area contributed by atoms with E-state index in [0.29, 0.717) is 30.7 Å². The van der Waals surface area contributed by atoms with Crippen LogP contribution in [-0.2, 0) is 11.3 Å². The molecule has 0 amide bonds. The van der Waals surface area contributed by atoms with Crippen molar-refractivity contribution in [2.45, 2.75) is 88.7 Å². The van der Waals surface area contributed by atoms with Crippen LogP contribution in [0.4, 0.5) is 13.2 Å². The second kappa shape index (κ2) is 9.40. The van der Waals surface area contributed by atoms with Gasteiger partial charge in [0.05, 0.1) is 17.9 Å². The molecule has 0 aromatic heterocycles. The van der Waals surface area contributed by atoms with Gasteiger partial charge >= 0.3 is 12.1 Å². The summed E-state index contributed by atoms with van der Waals surface area (Å²) in [7, 11) is 0. The van der Waals surface area contributed by atoms with Gasteiger partial charge in [0, 0.05) is 18.6 Å². The number of rotatable bonds is 5. The second-order valence-electron chi connectivity index (χ2n) is 10.4. The fourth-order valence-corrected chi connectivity index (χ4v) is 6.29. The average molecular weight is 476 g/mol. The zero-order valence-electron chi connectivity index (χ0n) is 19.3. The number of carboxylic acids is 1. The molecule has 0 radical (unpaired) electrons. The molecule has 184 valence electrons. The molecule has 7 heteroatoms. The lowest BCUT2D eigenvalue weighted by atomic mass is 9.78. The summed E-state index contributed by atoms with van der Waals surface area (Å²) < 4.78 is 44.7. The van der Waals surface area contributed by atoms with Crippen LogP contribution in [0.1, 0.15) is 63.4 Å². The predicted molar refractivity (Wildman–Crippen MR) is 124 cm³/mol. The van der Waals surface area contributed by atoms with E-state index in [-0.39, 0.29) is 24.9 Å². The maximum Gasteiger partial charge on any atom is 0.391 e. The first-order chi connectivity index (χ1) is 16.3. The standard InChI is InChI=1S/C27H32F3NO3/c28-27(29,30)21-7-10-24(11-8-21)34-25-9-6-18-12-17(4-5-19(18)15-25)16-31-22-2-1-3-23(31)14-20(13-22)26(32)33/h4-6,9,12,15,20-24H,1-3,7-8,10-11,13-14,16H2,(H,32,33). The molecule has 2 unspecified atom stereocenters. The normalized spacial score (nSPS) is 30.3. The number of hydrogen-bond donors (Lipinski definition) is 1.